The Morgan fingerprint density at radius 2 is 1.86 bits per heavy atom. The first-order valence-corrected chi connectivity index (χ1v) is 3.01. The van der Waals surface area contributed by atoms with Crippen LogP contribution in [0, 0.1) is 0 Å². The van der Waals surface area contributed by atoms with Gasteiger partial charge in [0.15, 0.2) is 0 Å². The summed E-state index contributed by atoms with van der Waals surface area (Å²) in [6.07, 6.45) is 3.73. The fraction of sp³-hybridized carbons (Fsp3) is 1.00. The molecule has 2 heteroatoms. The van der Waals surface area contributed by atoms with Gasteiger partial charge in [0.05, 0.1) is 0 Å². The Morgan fingerprint density at radius 3 is 2.00 bits per heavy atom. The second-order valence-electron chi connectivity index (χ2n) is 1.40. The van der Waals surface area contributed by atoms with E-state index in [-0.39, 0.29) is 16.5 Å². The maximum absolute atomic E-state index is 5.38. The van der Waals surface area contributed by atoms with Crippen LogP contribution >= 0.6 is 11.6 Å². The molecule has 0 aromatic rings. The molecular weight excluding hydrogens is 154 g/mol. The average Bonchev–Trinajstić information content (AvgIpc) is 1.61. The van der Waals surface area contributed by atoms with E-state index >= 15 is 0 Å². The predicted molar refractivity (Wildman–Crippen MR) is 30.2 cm³/mol. The Labute approximate surface area is 60.5 Å². The Balaban J connectivity index is 0. The van der Waals surface area contributed by atoms with E-state index in [1.54, 1.807) is 0 Å². The van der Waals surface area contributed by atoms with Crippen LogP contribution in [0.15, 0.2) is 0 Å². The molecule has 0 aliphatic carbocycles. The number of unbranched alkanes of at least 4 members (excludes halogenated alkanes) is 2. The zero-order valence-electron chi connectivity index (χ0n) is 4.52. The largest absolute Gasteiger partial charge is 0.127 e. The quantitative estimate of drug-likeness (QED) is 0.342. The fourth-order valence-electron chi connectivity index (χ4n) is 0.344. The third kappa shape index (κ3) is 10.8. The van der Waals surface area contributed by atoms with Crippen LogP contribution in [0.2, 0.25) is 0 Å². The van der Waals surface area contributed by atoms with Crippen molar-refractivity contribution in [3.05, 3.63) is 0 Å². The zero-order valence-corrected chi connectivity index (χ0v) is 6.27. The first-order valence-electron chi connectivity index (χ1n) is 2.47. The Kier molecular flexibility index (Phi) is 15.2. The van der Waals surface area contributed by atoms with Gasteiger partial charge >= 0.3 is 0 Å². The Hall–Kier alpha value is 0.784. The van der Waals surface area contributed by atoms with Crippen molar-refractivity contribution < 1.29 is 16.5 Å². The molecule has 7 heavy (non-hydrogen) atoms. The molecule has 0 saturated heterocycles. The van der Waals surface area contributed by atoms with E-state index in [9.17, 15) is 0 Å². The van der Waals surface area contributed by atoms with Crippen LogP contribution in [0.3, 0.4) is 0 Å². The summed E-state index contributed by atoms with van der Waals surface area (Å²) in [5.74, 6) is 0.827. The summed E-state index contributed by atoms with van der Waals surface area (Å²) in [7, 11) is 0. The SMILES string of the molecule is CCCCCCl.[Ni]. The van der Waals surface area contributed by atoms with Crippen molar-refractivity contribution in [3.8, 4) is 0 Å². The van der Waals surface area contributed by atoms with Gasteiger partial charge in [-0.1, -0.05) is 19.8 Å². The first-order chi connectivity index (χ1) is 2.91. The Bertz CT molecular complexity index is 20.0. The van der Waals surface area contributed by atoms with Crippen LogP contribution in [0.5, 0.6) is 0 Å². The minimum absolute atomic E-state index is 0. The molecule has 0 aromatic carbocycles. The molecule has 0 rings (SSSR count). The van der Waals surface area contributed by atoms with Gasteiger partial charge in [0, 0.05) is 22.4 Å². The van der Waals surface area contributed by atoms with Crippen LogP contribution in [-0.4, -0.2) is 5.88 Å². The van der Waals surface area contributed by atoms with Crippen LogP contribution < -0.4 is 0 Å². The topological polar surface area (TPSA) is 0 Å². The van der Waals surface area contributed by atoms with Crippen LogP contribution in [-0.2, 0) is 16.5 Å². The number of alkyl halides is 1. The molecule has 0 aliphatic heterocycles. The van der Waals surface area contributed by atoms with Crippen molar-refractivity contribution in [2.24, 2.45) is 0 Å². The molecule has 0 amide bonds. The van der Waals surface area contributed by atoms with Crippen molar-refractivity contribution in [1.29, 1.82) is 0 Å². The third-order valence-electron chi connectivity index (χ3n) is 0.737. The van der Waals surface area contributed by atoms with Gasteiger partial charge < -0.3 is 0 Å². The number of hydrogen-bond acceptors (Lipinski definition) is 0. The van der Waals surface area contributed by atoms with Gasteiger partial charge in [-0.2, -0.15) is 0 Å². The van der Waals surface area contributed by atoms with Gasteiger partial charge in [0.25, 0.3) is 0 Å². The van der Waals surface area contributed by atoms with Crippen LogP contribution in [0.25, 0.3) is 0 Å². The van der Waals surface area contributed by atoms with E-state index in [1.165, 1.54) is 19.3 Å². The smallest absolute Gasteiger partial charge is 0.0223 e. The molecule has 0 saturated carbocycles. The molecule has 0 radical (unpaired) electrons. The van der Waals surface area contributed by atoms with Crippen molar-refractivity contribution in [3.63, 3.8) is 0 Å². The van der Waals surface area contributed by atoms with Crippen LogP contribution in [0.4, 0.5) is 0 Å². The normalized spacial score (nSPS) is 7.71. The van der Waals surface area contributed by atoms with E-state index in [0.29, 0.717) is 0 Å². The van der Waals surface area contributed by atoms with Gasteiger partial charge in [0.1, 0.15) is 0 Å². The maximum atomic E-state index is 5.38. The molecule has 0 atom stereocenters. The van der Waals surface area contributed by atoms with Crippen molar-refractivity contribution in [1.82, 2.24) is 0 Å². The average molecular weight is 165 g/mol. The van der Waals surface area contributed by atoms with Crippen molar-refractivity contribution in [2.75, 3.05) is 5.88 Å². The van der Waals surface area contributed by atoms with E-state index in [1.807, 2.05) is 0 Å². The first kappa shape index (κ1) is 10.7. The molecule has 48 valence electrons. The van der Waals surface area contributed by atoms with E-state index in [2.05, 4.69) is 6.92 Å². The molecule has 0 heterocycles. The summed E-state index contributed by atoms with van der Waals surface area (Å²) in [6.45, 7) is 2.17. The summed E-state index contributed by atoms with van der Waals surface area (Å²) < 4.78 is 0. The molecule has 0 nitrogen and oxygen atoms in total. The van der Waals surface area contributed by atoms with Gasteiger partial charge in [-0.05, 0) is 6.42 Å². The molecule has 0 aromatic heterocycles. The van der Waals surface area contributed by atoms with E-state index in [0.717, 1.165) is 5.88 Å². The second kappa shape index (κ2) is 9.92. The summed E-state index contributed by atoms with van der Waals surface area (Å²) in [4.78, 5) is 0. The second-order valence-corrected chi connectivity index (χ2v) is 1.77. The monoisotopic (exact) mass is 164 g/mol. The summed E-state index contributed by atoms with van der Waals surface area (Å²) in [6, 6.07) is 0. The molecule has 0 N–H and O–H groups in total. The molecule has 0 bridgehead atoms. The molecular formula is C5H11ClNi. The number of halogens is 1. The zero-order chi connectivity index (χ0) is 4.83. The summed E-state index contributed by atoms with van der Waals surface area (Å²) in [5.41, 5.74) is 0. The predicted octanol–water partition coefficient (Wildman–Crippen LogP) is 2.41. The Morgan fingerprint density at radius 1 is 1.29 bits per heavy atom. The standard InChI is InChI=1S/C5H11Cl.Ni/c1-2-3-4-5-6;/h2-5H2,1H3;. The van der Waals surface area contributed by atoms with Gasteiger partial charge in [-0.25, -0.2) is 0 Å². The summed E-state index contributed by atoms with van der Waals surface area (Å²) in [5, 5.41) is 0. The van der Waals surface area contributed by atoms with Crippen LogP contribution in [0.1, 0.15) is 26.2 Å². The maximum Gasteiger partial charge on any atom is 0.0223 e. The number of hydrogen-bond donors (Lipinski definition) is 0. The van der Waals surface area contributed by atoms with Gasteiger partial charge in [0.2, 0.25) is 0 Å². The van der Waals surface area contributed by atoms with Gasteiger partial charge in [-0.3, -0.25) is 0 Å². The minimum Gasteiger partial charge on any atom is -0.127 e. The van der Waals surface area contributed by atoms with E-state index in [4.69, 9.17) is 11.6 Å². The molecule has 0 unspecified atom stereocenters. The van der Waals surface area contributed by atoms with Crippen molar-refractivity contribution in [2.45, 2.75) is 26.2 Å². The third-order valence-corrected chi connectivity index (χ3v) is 1.00. The summed E-state index contributed by atoms with van der Waals surface area (Å²) >= 11 is 5.38. The molecule has 0 spiro atoms. The van der Waals surface area contributed by atoms with Crippen molar-refractivity contribution >= 4 is 11.6 Å². The number of rotatable bonds is 3. The molecule has 0 aliphatic rings. The molecule has 0 fully saturated rings. The minimum atomic E-state index is 0. The van der Waals surface area contributed by atoms with Gasteiger partial charge in [-0.15, -0.1) is 11.6 Å². The fourth-order valence-corrected chi connectivity index (χ4v) is 0.533. The van der Waals surface area contributed by atoms with E-state index < -0.39 is 0 Å².